The Kier molecular flexibility index (Phi) is 4.41. The maximum Gasteiger partial charge on any atom is 0.269 e. The number of nitro benzene ring substituents is 1. The van der Waals surface area contributed by atoms with Crippen LogP contribution in [0.3, 0.4) is 0 Å². The fourth-order valence-electron chi connectivity index (χ4n) is 1.14. The summed E-state index contributed by atoms with van der Waals surface area (Å²) in [6, 6.07) is 5.90. The first-order valence-electron chi connectivity index (χ1n) is 4.81. The molecule has 0 saturated heterocycles. The molecule has 8 heteroatoms. The van der Waals surface area contributed by atoms with Gasteiger partial charge < -0.3 is 5.32 Å². The van der Waals surface area contributed by atoms with Crippen molar-refractivity contribution in [3.8, 4) is 0 Å². The van der Waals surface area contributed by atoms with Gasteiger partial charge in [-0.3, -0.25) is 10.1 Å². The third-order valence-corrected chi connectivity index (χ3v) is 2.62. The Labute approximate surface area is 99.0 Å². The predicted molar refractivity (Wildman–Crippen MR) is 64.4 cm³/mol. The fraction of sp³-hybridized carbons (Fsp3) is 0.333. The highest BCUT2D eigenvalue weighted by Gasteiger charge is 2.03. The van der Waals surface area contributed by atoms with E-state index < -0.39 is 14.9 Å². The van der Waals surface area contributed by atoms with Crippen molar-refractivity contribution in [3.63, 3.8) is 0 Å². The van der Waals surface area contributed by atoms with Gasteiger partial charge in [-0.1, -0.05) is 0 Å². The molecule has 0 aromatic heterocycles. The number of benzene rings is 1. The van der Waals surface area contributed by atoms with Crippen LogP contribution in [-0.4, -0.2) is 32.7 Å². The smallest absolute Gasteiger partial charge is 0.269 e. The number of hydrogen-bond acceptors (Lipinski definition) is 5. The summed E-state index contributed by atoms with van der Waals surface area (Å²) in [7, 11) is -3.18. The second kappa shape index (κ2) is 5.60. The van der Waals surface area contributed by atoms with Gasteiger partial charge in [0, 0.05) is 30.9 Å². The molecule has 0 saturated carbocycles. The van der Waals surface area contributed by atoms with Crippen molar-refractivity contribution in [2.75, 3.05) is 24.7 Å². The van der Waals surface area contributed by atoms with E-state index in [1.807, 2.05) is 0 Å². The average molecular weight is 259 g/mol. The number of anilines is 1. The summed E-state index contributed by atoms with van der Waals surface area (Å²) in [6.45, 7) is 0.667. The lowest BCUT2D eigenvalue weighted by Gasteiger charge is -2.06. The first kappa shape index (κ1) is 13.4. The van der Waals surface area contributed by atoms with E-state index in [1.165, 1.54) is 12.1 Å². The van der Waals surface area contributed by atoms with Gasteiger partial charge in [-0.15, -0.1) is 0 Å². The molecule has 0 aliphatic rings. The highest BCUT2D eigenvalue weighted by molar-refractivity contribution is 7.88. The Morgan fingerprint density at radius 3 is 2.29 bits per heavy atom. The molecular weight excluding hydrogens is 246 g/mol. The largest absolute Gasteiger partial charge is 0.384 e. The van der Waals surface area contributed by atoms with Gasteiger partial charge in [0.1, 0.15) is 0 Å². The zero-order valence-electron chi connectivity index (χ0n) is 9.21. The van der Waals surface area contributed by atoms with Gasteiger partial charge in [-0.25, -0.2) is 13.1 Å². The summed E-state index contributed by atoms with van der Waals surface area (Å²) >= 11 is 0. The quantitative estimate of drug-likeness (QED) is 0.441. The van der Waals surface area contributed by atoms with Gasteiger partial charge in [0.05, 0.1) is 11.2 Å². The molecule has 2 N–H and O–H groups in total. The molecule has 0 bridgehead atoms. The van der Waals surface area contributed by atoms with Crippen molar-refractivity contribution in [3.05, 3.63) is 34.4 Å². The van der Waals surface area contributed by atoms with Crippen LogP contribution in [0.5, 0.6) is 0 Å². The van der Waals surface area contributed by atoms with E-state index in [0.717, 1.165) is 6.26 Å². The van der Waals surface area contributed by atoms with Crippen molar-refractivity contribution < 1.29 is 13.3 Å². The number of non-ortho nitro benzene ring substituents is 1. The van der Waals surface area contributed by atoms with E-state index in [2.05, 4.69) is 10.0 Å². The molecule has 0 fully saturated rings. The first-order chi connectivity index (χ1) is 7.88. The molecule has 0 aliphatic heterocycles. The Hall–Kier alpha value is -1.67. The summed E-state index contributed by atoms with van der Waals surface area (Å²) in [5.41, 5.74) is 0.718. The molecule has 1 rings (SSSR count). The van der Waals surface area contributed by atoms with E-state index in [9.17, 15) is 18.5 Å². The van der Waals surface area contributed by atoms with Gasteiger partial charge in [-0.2, -0.15) is 0 Å². The van der Waals surface area contributed by atoms with Crippen molar-refractivity contribution in [1.82, 2.24) is 4.72 Å². The molecule has 1 aromatic rings. The van der Waals surface area contributed by atoms with Gasteiger partial charge >= 0.3 is 0 Å². The minimum absolute atomic E-state index is 0.0183. The Morgan fingerprint density at radius 1 is 1.24 bits per heavy atom. The average Bonchev–Trinajstić information content (AvgIpc) is 2.24. The highest BCUT2D eigenvalue weighted by atomic mass is 32.2. The minimum Gasteiger partial charge on any atom is -0.384 e. The second-order valence-electron chi connectivity index (χ2n) is 3.40. The molecule has 1 aromatic carbocycles. The van der Waals surface area contributed by atoms with E-state index in [0.29, 0.717) is 12.2 Å². The minimum atomic E-state index is -3.18. The van der Waals surface area contributed by atoms with E-state index in [4.69, 9.17) is 0 Å². The summed E-state index contributed by atoms with van der Waals surface area (Å²) in [5.74, 6) is 0. The maximum absolute atomic E-state index is 10.7. The number of nitrogens with zero attached hydrogens (tertiary/aromatic N) is 1. The molecule has 0 spiro atoms. The normalized spacial score (nSPS) is 11.1. The van der Waals surface area contributed by atoms with Crippen LogP contribution in [0.15, 0.2) is 24.3 Å². The Bertz CT molecular complexity index is 483. The van der Waals surface area contributed by atoms with Gasteiger partial charge in [0.25, 0.3) is 5.69 Å². The zero-order valence-corrected chi connectivity index (χ0v) is 10.0. The molecule has 94 valence electrons. The van der Waals surface area contributed by atoms with Crippen molar-refractivity contribution in [2.45, 2.75) is 0 Å². The van der Waals surface area contributed by atoms with Crippen LogP contribution in [0.4, 0.5) is 11.4 Å². The standard InChI is InChI=1S/C9H13N3O4S/c1-17(15,16)11-7-6-10-8-2-4-9(5-3-8)12(13)14/h2-5,10-11H,6-7H2,1H3. The lowest BCUT2D eigenvalue weighted by atomic mass is 10.3. The van der Waals surface area contributed by atoms with Crippen LogP contribution in [0.1, 0.15) is 0 Å². The summed E-state index contributed by atoms with van der Waals surface area (Å²) in [6.07, 6.45) is 1.08. The Morgan fingerprint density at radius 2 is 1.82 bits per heavy atom. The summed E-state index contributed by atoms with van der Waals surface area (Å²) < 4.78 is 23.8. The number of sulfonamides is 1. The second-order valence-corrected chi connectivity index (χ2v) is 5.23. The molecule has 0 amide bonds. The summed E-state index contributed by atoms with van der Waals surface area (Å²) in [4.78, 5) is 9.91. The molecular formula is C9H13N3O4S. The summed E-state index contributed by atoms with van der Waals surface area (Å²) in [5, 5.41) is 13.3. The molecule has 0 atom stereocenters. The lowest BCUT2D eigenvalue weighted by Crippen LogP contribution is -2.27. The first-order valence-corrected chi connectivity index (χ1v) is 6.70. The third-order valence-electron chi connectivity index (χ3n) is 1.90. The molecule has 7 nitrogen and oxygen atoms in total. The SMILES string of the molecule is CS(=O)(=O)NCCNc1ccc([N+](=O)[O-])cc1. The molecule has 0 unspecified atom stereocenters. The van der Waals surface area contributed by atoms with Crippen LogP contribution in [0.25, 0.3) is 0 Å². The number of hydrogen-bond donors (Lipinski definition) is 2. The van der Waals surface area contributed by atoms with E-state index in [1.54, 1.807) is 12.1 Å². The van der Waals surface area contributed by atoms with Crippen LogP contribution in [0, 0.1) is 10.1 Å². The number of nitro groups is 1. The van der Waals surface area contributed by atoms with Gasteiger partial charge in [0.2, 0.25) is 10.0 Å². The Balaban J connectivity index is 2.40. The van der Waals surface area contributed by atoms with Crippen molar-refractivity contribution >= 4 is 21.4 Å². The van der Waals surface area contributed by atoms with E-state index in [-0.39, 0.29) is 12.2 Å². The fourth-order valence-corrected chi connectivity index (χ4v) is 1.62. The van der Waals surface area contributed by atoms with Gasteiger partial charge in [0.15, 0.2) is 0 Å². The zero-order chi connectivity index (χ0) is 12.9. The maximum atomic E-state index is 10.7. The highest BCUT2D eigenvalue weighted by Crippen LogP contribution is 2.14. The van der Waals surface area contributed by atoms with Gasteiger partial charge in [-0.05, 0) is 12.1 Å². The third kappa shape index (κ3) is 5.27. The number of rotatable bonds is 6. The van der Waals surface area contributed by atoms with E-state index >= 15 is 0 Å². The van der Waals surface area contributed by atoms with Crippen LogP contribution < -0.4 is 10.0 Å². The van der Waals surface area contributed by atoms with Crippen LogP contribution in [-0.2, 0) is 10.0 Å². The molecule has 0 aliphatic carbocycles. The van der Waals surface area contributed by atoms with Crippen LogP contribution >= 0.6 is 0 Å². The topological polar surface area (TPSA) is 101 Å². The molecule has 0 radical (unpaired) electrons. The molecule has 17 heavy (non-hydrogen) atoms. The monoisotopic (exact) mass is 259 g/mol. The van der Waals surface area contributed by atoms with Crippen LogP contribution in [0.2, 0.25) is 0 Å². The lowest BCUT2D eigenvalue weighted by molar-refractivity contribution is -0.384. The predicted octanol–water partition coefficient (Wildman–Crippen LogP) is 0.556. The van der Waals surface area contributed by atoms with Crippen molar-refractivity contribution in [2.24, 2.45) is 0 Å². The number of nitrogens with one attached hydrogen (secondary N) is 2. The van der Waals surface area contributed by atoms with Crippen molar-refractivity contribution in [1.29, 1.82) is 0 Å². The molecule has 0 heterocycles.